The highest BCUT2D eigenvalue weighted by Crippen LogP contribution is 2.29. The Balaban J connectivity index is 2.94. The third-order valence-corrected chi connectivity index (χ3v) is 2.91. The zero-order valence-corrected chi connectivity index (χ0v) is 10.1. The van der Waals surface area contributed by atoms with Crippen molar-refractivity contribution < 1.29 is 4.74 Å². The molecule has 1 aromatic carbocycles. The van der Waals surface area contributed by atoms with Gasteiger partial charge in [0.25, 0.3) is 5.56 Å². The topological polar surface area (TPSA) is 55.0 Å². The first-order valence-corrected chi connectivity index (χ1v) is 5.23. The fraction of sp³-hybridized carbons (Fsp3) is 0.167. The molecule has 0 bridgehead atoms. The molecule has 4 nitrogen and oxygen atoms in total. The maximum absolute atomic E-state index is 11.7. The Kier molecular flexibility index (Phi) is 2.78. The number of rotatable bonds is 1. The fourth-order valence-corrected chi connectivity index (χ4v) is 1.94. The predicted molar refractivity (Wildman–Crippen MR) is 65.5 cm³/mol. The van der Waals surface area contributed by atoms with Gasteiger partial charge in [-0.3, -0.25) is 4.79 Å². The van der Waals surface area contributed by atoms with Crippen molar-refractivity contribution >= 4 is 22.5 Å². The van der Waals surface area contributed by atoms with Gasteiger partial charge in [-0.25, -0.2) is 0 Å². The zero-order valence-electron chi connectivity index (χ0n) is 9.32. The number of hydrogen-bond donors (Lipinski definition) is 0. The third kappa shape index (κ3) is 1.75. The molecule has 2 aromatic rings. The molecule has 0 saturated carbocycles. The van der Waals surface area contributed by atoms with E-state index in [9.17, 15) is 4.79 Å². The Morgan fingerprint density at radius 2 is 2.12 bits per heavy atom. The number of halogens is 1. The number of nitrogens with zero attached hydrogens (tertiary/aromatic N) is 2. The lowest BCUT2D eigenvalue weighted by Crippen LogP contribution is -2.19. The van der Waals surface area contributed by atoms with Crippen LogP contribution in [0.1, 0.15) is 5.56 Å². The molecule has 0 radical (unpaired) electrons. The van der Waals surface area contributed by atoms with Gasteiger partial charge in [0.15, 0.2) is 0 Å². The summed E-state index contributed by atoms with van der Waals surface area (Å²) < 4.78 is 6.50. The molecule has 0 spiro atoms. The summed E-state index contributed by atoms with van der Waals surface area (Å²) in [6.45, 7) is 0. The second-order valence-electron chi connectivity index (χ2n) is 3.58. The maximum Gasteiger partial charge on any atom is 0.268 e. The van der Waals surface area contributed by atoms with Crippen LogP contribution >= 0.6 is 11.6 Å². The molecule has 0 fully saturated rings. The first kappa shape index (κ1) is 11.5. The van der Waals surface area contributed by atoms with E-state index in [0.717, 1.165) is 5.39 Å². The molecule has 1 heterocycles. The van der Waals surface area contributed by atoms with E-state index in [0.29, 0.717) is 16.3 Å². The van der Waals surface area contributed by atoms with E-state index in [1.165, 1.54) is 17.7 Å². The highest BCUT2D eigenvalue weighted by Gasteiger charge is 2.09. The van der Waals surface area contributed by atoms with Gasteiger partial charge in [0.05, 0.1) is 17.6 Å². The summed E-state index contributed by atoms with van der Waals surface area (Å²) in [5.41, 5.74) is 0.436. The standard InChI is InChI=1S/C12H9ClN2O2/c1-15-10-5-9(13)11(17-2)4-7(10)3-8(6-14)12(15)16/h3-5H,1-2H3. The summed E-state index contributed by atoms with van der Waals surface area (Å²) in [6, 6.07) is 6.77. The highest BCUT2D eigenvalue weighted by atomic mass is 35.5. The molecule has 2 rings (SSSR count). The van der Waals surface area contributed by atoms with Crippen LogP contribution in [-0.2, 0) is 7.05 Å². The van der Waals surface area contributed by atoms with Crippen molar-refractivity contribution in [1.82, 2.24) is 4.57 Å². The summed E-state index contributed by atoms with van der Waals surface area (Å²) in [4.78, 5) is 11.7. The van der Waals surface area contributed by atoms with E-state index in [1.54, 1.807) is 19.2 Å². The summed E-state index contributed by atoms with van der Waals surface area (Å²) in [5, 5.41) is 10.0. The molecule has 0 atom stereocenters. The van der Waals surface area contributed by atoms with Gasteiger partial charge in [-0.05, 0) is 18.2 Å². The number of aryl methyl sites for hydroxylation is 1. The van der Waals surface area contributed by atoms with Gasteiger partial charge in [0.1, 0.15) is 17.4 Å². The molecule has 17 heavy (non-hydrogen) atoms. The molecular formula is C12H9ClN2O2. The normalized spacial score (nSPS) is 10.2. The number of hydrogen-bond acceptors (Lipinski definition) is 3. The van der Waals surface area contributed by atoms with Crippen LogP contribution in [0.15, 0.2) is 23.0 Å². The monoisotopic (exact) mass is 248 g/mol. The highest BCUT2D eigenvalue weighted by molar-refractivity contribution is 6.32. The van der Waals surface area contributed by atoms with E-state index in [-0.39, 0.29) is 11.1 Å². The van der Waals surface area contributed by atoms with E-state index in [4.69, 9.17) is 21.6 Å². The van der Waals surface area contributed by atoms with Gasteiger partial charge in [0.2, 0.25) is 0 Å². The average Bonchev–Trinajstić information content (AvgIpc) is 2.34. The van der Waals surface area contributed by atoms with Crippen molar-refractivity contribution in [2.24, 2.45) is 7.05 Å². The van der Waals surface area contributed by atoms with E-state index >= 15 is 0 Å². The van der Waals surface area contributed by atoms with Crippen molar-refractivity contribution in [3.05, 3.63) is 39.1 Å². The smallest absolute Gasteiger partial charge is 0.268 e. The molecule has 0 aliphatic carbocycles. The summed E-state index contributed by atoms with van der Waals surface area (Å²) in [6.07, 6.45) is 0. The zero-order chi connectivity index (χ0) is 12.6. The second-order valence-corrected chi connectivity index (χ2v) is 3.99. The molecular weight excluding hydrogens is 240 g/mol. The maximum atomic E-state index is 11.7. The molecule has 5 heteroatoms. The van der Waals surface area contributed by atoms with Crippen LogP contribution in [0.2, 0.25) is 5.02 Å². The minimum Gasteiger partial charge on any atom is -0.495 e. The minimum atomic E-state index is -0.332. The van der Waals surface area contributed by atoms with Gasteiger partial charge < -0.3 is 9.30 Å². The van der Waals surface area contributed by atoms with Crippen molar-refractivity contribution in [2.75, 3.05) is 7.11 Å². The van der Waals surface area contributed by atoms with Crippen LogP contribution in [0.3, 0.4) is 0 Å². The van der Waals surface area contributed by atoms with Crippen LogP contribution in [0.5, 0.6) is 5.75 Å². The van der Waals surface area contributed by atoms with Crippen LogP contribution in [0.4, 0.5) is 0 Å². The van der Waals surface area contributed by atoms with E-state index in [2.05, 4.69) is 0 Å². The van der Waals surface area contributed by atoms with Gasteiger partial charge in [-0.15, -0.1) is 0 Å². The number of aromatic nitrogens is 1. The Morgan fingerprint density at radius 1 is 1.41 bits per heavy atom. The van der Waals surface area contributed by atoms with Crippen molar-refractivity contribution in [1.29, 1.82) is 5.26 Å². The van der Waals surface area contributed by atoms with Crippen molar-refractivity contribution in [3.63, 3.8) is 0 Å². The number of fused-ring (bicyclic) bond motifs is 1. The number of nitriles is 1. The Hall–Kier alpha value is -1.99. The number of ether oxygens (including phenoxy) is 1. The molecule has 0 N–H and O–H groups in total. The third-order valence-electron chi connectivity index (χ3n) is 2.62. The van der Waals surface area contributed by atoms with Crippen LogP contribution in [-0.4, -0.2) is 11.7 Å². The minimum absolute atomic E-state index is 0.101. The average molecular weight is 249 g/mol. The Morgan fingerprint density at radius 3 is 2.71 bits per heavy atom. The molecule has 1 aromatic heterocycles. The van der Waals surface area contributed by atoms with Crippen molar-refractivity contribution in [2.45, 2.75) is 0 Å². The lowest BCUT2D eigenvalue weighted by molar-refractivity contribution is 0.415. The van der Waals surface area contributed by atoms with Gasteiger partial charge >= 0.3 is 0 Å². The van der Waals surface area contributed by atoms with Crippen LogP contribution in [0.25, 0.3) is 10.9 Å². The van der Waals surface area contributed by atoms with Gasteiger partial charge in [-0.1, -0.05) is 11.6 Å². The number of benzene rings is 1. The van der Waals surface area contributed by atoms with Crippen molar-refractivity contribution in [3.8, 4) is 11.8 Å². The molecule has 0 amide bonds. The van der Waals surface area contributed by atoms with Crippen LogP contribution < -0.4 is 10.3 Å². The Labute approximate surface area is 103 Å². The summed E-state index contributed by atoms with van der Waals surface area (Å²) >= 11 is 6.00. The molecule has 0 saturated heterocycles. The molecule has 0 aliphatic rings. The Bertz CT molecular complexity index is 698. The van der Waals surface area contributed by atoms with E-state index < -0.39 is 0 Å². The van der Waals surface area contributed by atoms with Crippen LogP contribution in [0, 0.1) is 11.3 Å². The van der Waals surface area contributed by atoms with Gasteiger partial charge in [-0.2, -0.15) is 5.26 Å². The van der Waals surface area contributed by atoms with E-state index in [1.807, 2.05) is 6.07 Å². The first-order valence-electron chi connectivity index (χ1n) is 4.86. The lowest BCUT2D eigenvalue weighted by atomic mass is 10.1. The first-order chi connectivity index (χ1) is 8.08. The molecule has 0 aliphatic heterocycles. The molecule has 0 unspecified atom stereocenters. The number of methoxy groups -OCH3 is 1. The van der Waals surface area contributed by atoms with Gasteiger partial charge in [0, 0.05) is 12.4 Å². The second kappa shape index (κ2) is 4.11. The largest absolute Gasteiger partial charge is 0.495 e. The SMILES string of the molecule is COc1cc2cc(C#N)c(=O)n(C)c2cc1Cl. The lowest BCUT2D eigenvalue weighted by Gasteiger charge is -2.09. The predicted octanol–water partition coefficient (Wildman–Crippen LogP) is 2.07. The summed E-state index contributed by atoms with van der Waals surface area (Å²) in [7, 11) is 3.12. The quantitative estimate of drug-likeness (QED) is 0.776. The number of pyridine rings is 1. The fourth-order valence-electron chi connectivity index (χ4n) is 1.71. The molecule has 86 valence electrons. The summed E-state index contributed by atoms with van der Waals surface area (Å²) in [5.74, 6) is 0.515.